The Bertz CT molecular complexity index is 435. The van der Waals surface area contributed by atoms with E-state index in [0.29, 0.717) is 0 Å². The van der Waals surface area contributed by atoms with E-state index in [9.17, 15) is 8.78 Å². The molecule has 1 aliphatic heterocycles. The van der Waals surface area contributed by atoms with Crippen LogP contribution in [0.15, 0.2) is 42.6 Å². The van der Waals surface area contributed by atoms with Gasteiger partial charge in [-0.05, 0) is 24.1 Å². The molecule has 0 aromatic heterocycles. The quantitative estimate of drug-likeness (QED) is 0.691. The van der Waals surface area contributed by atoms with Crippen LogP contribution in [0.2, 0.25) is 0 Å². The molecule has 0 saturated carbocycles. The number of benzene rings is 1. The van der Waals surface area contributed by atoms with Crippen molar-refractivity contribution in [2.75, 3.05) is 6.54 Å². The first-order chi connectivity index (χ1) is 7.66. The summed E-state index contributed by atoms with van der Waals surface area (Å²) in [7, 11) is 0. The molecule has 0 unspecified atom stereocenters. The zero-order chi connectivity index (χ0) is 11.5. The summed E-state index contributed by atoms with van der Waals surface area (Å²) in [6.07, 6.45) is 4.99. The van der Waals surface area contributed by atoms with Gasteiger partial charge in [-0.15, -0.1) is 0 Å². The first-order valence-electron chi connectivity index (χ1n) is 5.16. The summed E-state index contributed by atoms with van der Waals surface area (Å²) in [6.45, 7) is -0.147. The Morgan fingerprint density at radius 1 is 1.31 bits per heavy atom. The highest BCUT2D eigenvalue weighted by molar-refractivity contribution is 5.75. The van der Waals surface area contributed by atoms with Crippen molar-refractivity contribution in [3.63, 3.8) is 0 Å². The molecule has 16 heavy (non-hydrogen) atoms. The van der Waals surface area contributed by atoms with Crippen LogP contribution in [0.5, 0.6) is 0 Å². The third-order valence-electron chi connectivity index (χ3n) is 2.57. The minimum Gasteiger partial charge on any atom is -0.319 e. The number of nitrogens with zero attached hydrogens (tertiary/aromatic N) is 1. The van der Waals surface area contributed by atoms with Crippen LogP contribution in [-0.2, 0) is 0 Å². The number of halogens is 2. The average molecular weight is 221 g/mol. The lowest BCUT2D eigenvalue weighted by Gasteiger charge is -2.21. The number of hydrogen-bond donors (Lipinski definition) is 0. The Labute approximate surface area is 93.7 Å². The number of allylic oxidation sites excluding steroid dienone is 2. The van der Waals surface area contributed by atoms with E-state index in [2.05, 4.69) is 0 Å². The number of aryl methyl sites for hydroxylation is 1. The lowest BCUT2D eigenvalue weighted by atomic mass is 10.0. The summed E-state index contributed by atoms with van der Waals surface area (Å²) < 4.78 is 24.7. The fraction of sp³-hybridized carbons (Fsp3) is 0.231. The second-order valence-corrected chi connectivity index (χ2v) is 3.82. The number of rotatable bonds is 2. The normalized spacial score (nSPS) is 15.5. The predicted octanol–water partition coefficient (Wildman–Crippen LogP) is 3.43. The van der Waals surface area contributed by atoms with Gasteiger partial charge in [-0.3, -0.25) is 0 Å². The van der Waals surface area contributed by atoms with Crippen molar-refractivity contribution in [3.8, 4) is 0 Å². The van der Waals surface area contributed by atoms with Crippen molar-refractivity contribution in [1.82, 2.24) is 4.90 Å². The Kier molecular flexibility index (Phi) is 3.04. The molecule has 0 radical (unpaired) electrons. The minimum atomic E-state index is -2.42. The summed E-state index contributed by atoms with van der Waals surface area (Å²) in [4.78, 5) is 0.999. The maximum absolute atomic E-state index is 12.4. The smallest absolute Gasteiger partial charge is 0.315 e. The van der Waals surface area contributed by atoms with Crippen LogP contribution in [0.3, 0.4) is 0 Å². The molecule has 1 aromatic carbocycles. The lowest BCUT2D eigenvalue weighted by molar-refractivity contribution is 0.0128. The fourth-order valence-corrected chi connectivity index (χ4v) is 1.69. The number of alkyl halides is 2. The predicted molar refractivity (Wildman–Crippen MR) is 61.0 cm³/mol. The topological polar surface area (TPSA) is 3.24 Å². The van der Waals surface area contributed by atoms with Crippen LogP contribution in [-0.4, -0.2) is 18.0 Å². The lowest BCUT2D eigenvalue weighted by Crippen LogP contribution is -2.25. The Hall–Kier alpha value is -1.64. The molecule has 0 fully saturated rings. The SMILES string of the molecule is Cc1cccc(C2=CCN(C(F)F)C=C2)c1. The van der Waals surface area contributed by atoms with Gasteiger partial charge < -0.3 is 4.90 Å². The van der Waals surface area contributed by atoms with Crippen LogP contribution in [0, 0.1) is 6.92 Å². The van der Waals surface area contributed by atoms with Gasteiger partial charge in [0, 0.05) is 12.7 Å². The van der Waals surface area contributed by atoms with Gasteiger partial charge in [-0.1, -0.05) is 35.9 Å². The molecular weight excluding hydrogens is 208 g/mol. The third-order valence-corrected chi connectivity index (χ3v) is 2.57. The van der Waals surface area contributed by atoms with Crippen molar-refractivity contribution in [2.45, 2.75) is 13.5 Å². The molecule has 0 spiro atoms. The van der Waals surface area contributed by atoms with E-state index >= 15 is 0 Å². The second-order valence-electron chi connectivity index (χ2n) is 3.82. The van der Waals surface area contributed by atoms with Gasteiger partial charge in [0.15, 0.2) is 0 Å². The molecular formula is C13H13F2N. The molecule has 0 saturated heterocycles. The van der Waals surface area contributed by atoms with Crippen LogP contribution < -0.4 is 0 Å². The van der Waals surface area contributed by atoms with E-state index < -0.39 is 6.55 Å². The van der Waals surface area contributed by atoms with Crippen molar-refractivity contribution in [3.05, 3.63) is 53.7 Å². The van der Waals surface area contributed by atoms with E-state index in [1.165, 1.54) is 11.8 Å². The van der Waals surface area contributed by atoms with E-state index in [1.54, 1.807) is 6.08 Å². The van der Waals surface area contributed by atoms with Crippen molar-refractivity contribution in [1.29, 1.82) is 0 Å². The molecule has 2 rings (SSSR count). The van der Waals surface area contributed by atoms with Crippen molar-refractivity contribution >= 4 is 5.57 Å². The summed E-state index contributed by atoms with van der Waals surface area (Å²) in [5.41, 5.74) is 3.24. The van der Waals surface area contributed by atoms with Gasteiger partial charge >= 0.3 is 6.55 Å². The average Bonchev–Trinajstić information content (AvgIpc) is 2.29. The Balaban J connectivity index is 2.17. The van der Waals surface area contributed by atoms with E-state index in [0.717, 1.165) is 16.0 Å². The van der Waals surface area contributed by atoms with Gasteiger partial charge in [0.05, 0.1) is 0 Å². The van der Waals surface area contributed by atoms with Gasteiger partial charge in [0.2, 0.25) is 0 Å². The first kappa shape index (κ1) is 10.9. The summed E-state index contributed by atoms with van der Waals surface area (Å²) >= 11 is 0. The Morgan fingerprint density at radius 2 is 2.12 bits per heavy atom. The summed E-state index contributed by atoms with van der Waals surface area (Å²) in [6, 6.07) is 8.02. The first-order valence-corrected chi connectivity index (χ1v) is 5.16. The van der Waals surface area contributed by atoms with E-state index in [4.69, 9.17) is 0 Å². The zero-order valence-corrected chi connectivity index (χ0v) is 9.03. The number of hydrogen-bond acceptors (Lipinski definition) is 1. The highest BCUT2D eigenvalue weighted by atomic mass is 19.3. The summed E-state index contributed by atoms with van der Waals surface area (Å²) in [5.74, 6) is 0. The molecule has 1 nitrogen and oxygen atoms in total. The minimum absolute atomic E-state index is 0.261. The van der Waals surface area contributed by atoms with Gasteiger partial charge in [0.25, 0.3) is 0 Å². The highest BCUT2D eigenvalue weighted by Gasteiger charge is 2.13. The van der Waals surface area contributed by atoms with Crippen LogP contribution in [0.4, 0.5) is 8.78 Å². The molecule has 0 bridgehead atoms. The monoisotopic (exact) mass is 221 g/mol. The maximum atomic E-state index is 12.4. The van der Waals surface area contributed by atoms with Gasteiger partial charge in [-0.2, -0.15) is 8.78 Å². The van der Waals surface area contributed by atoms with E-state index in [1.807, 2.05) is 37.3 Å². The van der Waals surface area contributed by atoms with Crippen LogP contribution >= 0.6 is 0 Å². The molecule has 0 amide bonds. The van der Waals surface area contributed by atoms with Crippen LogP contribution in [0.1, 0.15) is 11.1 Å². The second kappa shape index (κ2) is 4.47. The molecule has 0 aliphatic carbocycles. The Morgan fingerprint density at radius 3 is 2.69 bits per heavy atom. The van der Waals surface area contributed by atoms with Crippen LogP contribution in [0.25, 0.3) is 5.57 Å². The zero-order valence-electron chi connectivity index (χ0n) is 9.03. The molecule has 0 N–H and O–H groups in total. The third kappa shape index (κ3) is 2.30. The standard InChI is InChI=1S/C13H13F2N/c1-10-3-2-4-12(9-10)11-5-7-16(8-6-11)13(14)15/h2-7,9,13H,8H2,1H3. The van der Waals surface area contributed by atoms with E-state index in [-0.39, 0.29) is 6.54 Å². The molecule has 3 heteroatoms. The fourth-order valence-electron chi connectivity index (χ4n) is 1.69. The molecule has 0 atom stereocenters. The molecule has 1 aliphatic rings. The highest BCUT2D eigenvalue weighted by Crippen LogP contribution is 2.21. The van der Waals surface area contributed by atoms with Crippen molar-refractivity contribution < 1.29 is 8.78 Å². The molecule has 1 aromatic rings. The largest absolute Gasteiger partial charge is 0.319 e. The molecule has 1 heterocycles. The van der Waals surface area contributed by atoms with Gasteiger partial charge in [-0.25, -0.2) is 0 Å². The summed E-state index contributed by atoms with van der Waals surface area (Å²) in [5, 5.41) is 0. The maximum Gasteiger partial charge on any atom is 0.315 e. The molecule has 84 valence electrons. The van der Waals surface area contributed by atoms with Crippen molar-refractivity contribution in [2.24, 2.45) is 0 Å². The van der Waals surface area contributed by atoms with Gasteiger partial charge in [0.1, 0.15) is 0 Å².